The lowest BCUT2D eigenvalue weighted by molar-refractivity contribution is 0.0590. The Morgan fingerprint density at radius 3 is 1.18 bits per heavy atom. The number of carbonyl (C=O) groups is 2. The summed E-state index contributed by atoms with van der Waals surface area (Å²) in [6, 6.07) is 3.79. The number of hydrogen-bond acceptors (Lipinski definition) is 6. The Hall–Kier alpha value is -3.02. The maximum atomic E-state index is 11.4. The van der Waals surface area contributed by atoms with Crippen LogP contribution in [-0.2, 0) is 9.47 Å². The number of hydrogen-bond donors (Lipinski definition) is 2. The van der Waals surface area contributed by atoms with E-state index >= 15 is 0 Å². The molecular formula is C22H30N2O4. The Kier molecular flexibility index (Phi) is 7.61. The molecule has 0 atom stereocenters. The molecule has 152 valence electrons. The maximum absolute atomic E-state index is 11.4. The standard InChI is InChI=1S/2C11H15NO2/c2*1-6-5-7(2)10(12)8(3)9(6)11(13)14-4/h2*5H,12H2,1-4H3. The molecule has 2 aromatic rings. The molecule has 0 saturated carbocycles. The molecular weight excluding hydrogens is 356 g/mol. The molecule has 0 aliphatic carbocycles. The molecule has 0 unspecified atom stereocenters. The van der Waals surface area contributed by atoms with Crippen molar-refractivity contribution in [2.24, 2.45) is 0 Å². The lowest BCUT2D eigenvalue weighted by Gasteiger charge is -2.12. The van der Waals surface area contributed by atoms with E-state index < -0.39 is 0 Å². The Balaban J connectivity index is 0.000000280. The minimum absolute atomic E-state index is 0.327. The Bertz CT molecular complexity index is 842. The van der Waals surface area contributed by atoms with Gasteiger partial charge in [0.05, 0.1) is 25.3 Å². The predicted molar refractivity (Wildman–Crippen MR) is 113 cm³/mol. The van der Waals surface area contributed by atoms with Crippen molar-refractivity contribution in [3.05, 3.63) is 56.6 Å². The van der Waals surface area contributed by atoms with Gasteiger partial charge in [0.25, 0.3) is 0 Å². The predicted octanol–water partition coefficient (Wildman–Crippen LogP) is 3.96. The van der Waals surface area contributed by atoms with Crippen molar-refractivity contribution in [1.82, 2.24) is 0 Å². The first-order valence-electron chi connectivity index (χ1n) is 8.87. The van der Waals surface area contributed by atoms with Gasteiger partial charge in [0, 0.05) is 11.4 Å². The lowest BCUT2D eigenvalue weighted by Crippen LogP contribution is -2.09. The highest BCUT2D eigenvalue weighted by Gasteiger charge is 2.16. The van der Waals surface area contributed by atoms with Crippen LogP contribution in [0.4, 0.5) is 11.4 Å². The third-order valence-electron chi connectivity index (χ3n) is 4.84. The summed E-state index contributed by atoms with van der Waals surface area (Å²) < 4.78 is 9.40. The van der Waals surface area contributed by atoms with Gasteiger partial charge < -0.3 is 20.9 Å². The molecule has 2 aromatic carbocycles. The van der Waals surface area contributed by atoms with Crippen molar-refractivity contribution in [2.45, 2.75) is 41.5 Å². The highest BCUT2D eigenvalue weighted by atomic mass is 16.5. The van der Waals surface area contributed by atoms with Gasteiger partial charge in [-0.05, 0) is 74.9 Å². The summed E-state index contributed by atoms with van der Waals surface area (Å²) in [6.45, 7) is 11.3. The summed E-state index contributed by atoms with van der Waals surface area (Å²) in [4.78, 5) is 22.9. The van der Waals surface area contributed by atoms with Gasteiger partial charge in [0.15, 0.2) is 0 Å². The second-order valence-electron chi connectivity index (χ2n) is 6.83. The minimum atomic E-state index is -0.327. The molecule has 0 heterocycles. The van der Waals surface area contributed by atoms with Crippen LogP contribution in [0.2, 0.25) is 0 Å². The van der Waals surface area contributed by atoms with E-state index in [1.165, 1.54) is 14.2 Å². The minimum Gasteiger partial charge on any atom is -0.465 e. The van der Waals surface area contributed by atoms with Gasteiger partial charge in [0.2, 0.25) is 0 Å². The number of aryl methyl sites for hydroxylation is 4. The molecule has 2 rings (SSSR count). The van der Waals surface area contributed by atoms with E-state index in [4.69, 9.17) is 20.9 Å². The van der Waals surface area contributed by atoms with Gasteiger partial charge in [-0.1, -0.05) is 12.1 Å². The van der Waals surface area contributed by atoms with Gasteiger partial charge in [-0.3, -0.25) is 0 Å². The topological polar surface area (TPSA) is 105 Å². The van der Waals surface area contributed by atoms with E-state index in [0.29, 0.717) is 22.5 Å². The van der Waals surface area contributed by atoms with Crippen LogP contribution in [0.1, 0.15) is 54.1 Å². The molecule has 0 fully saturated rings. The molecule has 0 aromatic heterocycles. The number of nitrogen functional groups attached to an aromatic ring is 2. The fourth-order valence-corrected chi connectivity index (χ4v) is 3.23. The highest BCUT2D eigenvalue weighted by molar-refractivity contribution is 5.95. The van der Waals surface area contributed by atoms with Gasteiger partial charge in [-0.15, -0.1) is 0 Å². The third-order valence-corrected chi connectivity index (χ3v) is 4.84. The average Bonchev–Trinajstić information content (AvgIpc) is 2.64. The first kappa shape index (κ1) is 23.0. The monoisotopic (exact) mass is 386 g/mol. The van der Waals surface area contributed by atoms with E-state index in [1.807, 2.05) is 53.7 Å². The number of esters is 2. The fourth-order valence-electron chi connectivity index (χ4n) is 3.23. The average molecular weight is 386 g/mol. The van der Waals surface area contributed by atoms with Gasteiger partial charge in [-0.2, -0.15) is 0 Å². The smallest absolute Gasteiger partial charge is 0.338 e. The van der Waals surface area contributed by atoms with Gasteiger partial charge >= 0.3 is 11.9 Å². The number of methoxy groups -OCH3 is 2. The summed E-state index contributed by atoms with van der Waals surface area (Å²) in [6.07, 6.45) is 0. The molecule has 6 heteroatoms. The molecule has 4 N–H and O–H groups in total. The molecule has 0 aliphatic heterocycles. The molecule has 28 heavy (non-hydrogen) atoms. The second kappa shape index (κ2) is 9.26. The van der Waals surface area contributed by atoms with Crippen molar-refractivity contribution in [1.29, 1.82) is 0 Å². The lowest BCUT2D eigenvalue weighted by atomic mass is 9.98. The summed E-state index contributed by atoms with van der Waals surface area (Å²) in [5.74, 6) is -0.654. The van der Waals surface area contributed by atoms with E-state index in [2.05, 4.69) is 0 Å². The van der Waals surface area contributed by atoms with Crippen LogP contribution in [0.3, 0.4) is 0 Å². The molecule has 0 aliphatic rings. The summed E-state index contributed by atoms with van der Waals surface area (Å²) in [5.41, 5.74) is 19.6. The van der Waals surface area contributed by atoms with Crippen LogP contribution in [0.25, 0.3) is 0 Å². The van der Waals surface area contributed by atoms with Crippen LogP contribution >= 0.6 is 0 Å². The normalized spacial score (nSPS) is 10.0. The third kappa shape index (κ3) is 4.63. The molecule has 0 radical (unpaired) electrons. The zero-order valence-corrected chi connectivity index (χ0v) is 17.9. The quantitative estimate of drug-likeness (QED) is 0.598. The summed E-state index contributed by atoms with van der Waals surface area (Å²) >= 11 is 0. The Labute approximate surface area is 166 Å². The van der Waals surface area contributed by atoms with Gasteiger partial charge in [0.1, 0.15) is 0 Å². The summed E-state index contributed by atoms with van der Waals surface area (Å²) in [7, 11) is 2.74. The Morgan fingerprint density at radius 1 is 0.643 bits per heavy atom. The number of rotatable bonds is 2. The van der Waals surface area contributed by atoms with E-state index in [9.17, 15) is 9.59 Å². The van der Waals surface area contributed by atoms with Crippen LogP contribution in [0, 0.1) is 41.5 Å². The molecule has 0 bridgehead atoms. The van der Waals surface area contributed by atoms with Crippen molar-refractivity contribution in [3.63, 3.8) is 0 Å². The van der Waals surface area contributed by atoms with Crippen LogP contribution in [0.5, 0.6) is 0 Å². The van der Waals surface area contributed by atoms with Crippen molar-refractivity contribution in [2.75, 3.05) is 25.7 Å². The number of benzene rings is 2. The molecule has 0 spiro atoms. The van der Waals surface area contributed by atoms with Crippen molar-refractivity contribution < 1.29 is 19.1 Å². The van der Waals surface area contributed by atoms with Gasteiger partial charge in [-0.25, -0.2) is 9.59 Å². The number of anilines is 2. The maximum Gasteiger partial charge on any atom is 0.338 e. The van der Waals surface area contributed by atoms with E-state index in [-0.39, 0.29) is 11.9 Å². The number of carbonyl (C=O) groups excluding carboxylic acids is 2. The molecule has 0 saturated heterocycles. The van der Waals surface area contributed by atoms with Crippen LogP contribution in [0.15, 0.2) is 12.1 Å². The van der Waals surface area contributed by atoms with Crippen molar-refractivity contribution in [3.8, 4) is 0 Å². The SMILES string of the molecule is COC(=O)c1c(C)cc(C)c(N)c1C.COC(=O)c1c(C)cc(C)c(N)c1C. The van der Waals surface area contributed by atoms with E-state index in [1.54, 1.807) is 0 Å². The fraction of sp³-hybridized carbons (Fsp3) is 0.364. The van der Waals surface area contributed by atoms with Crippen LogP contribution < -0.4 is 11.5 Å². The Morgan fingerprint density at radius 2 is 0.929 bits per heavy atom. The molecule has 0 amide bonds. The first-order chi connectivity index (χ1) is 13.0. The number of ether oxygens (including phenoxy) is 2. The second-order valence-corrected chi connectivity index (χ2v) is 6.83. The largest absolute Gasteiger partial charge is 0.465 e. The van der Waals surface area contributed by atoms with E-state index in [0.717, 1.165) is 33.4 Å². The first-order valence-corrected chi connectivity index (χ1v) is 8.87. The summed E-state index contributed by atoms with van der Waals surface area (Å²) in [5, 5.41) is 0. The zero-order chi connectivity index (χ0) is 21.8. The van der Waals surface area contributed by atoms with Crippen LogP contribution in [-0.4, -0.2) is 26.2 Å². The zero-order valence-electron chi connectivity index (χ0n) is 17.9. The molecule has 6 nitrogen and oxygen atoms in total. The number of nitrogens with two attached hydrogens (primary N) is 2. The highest BCUT2D eigenvalue weighted by Crippen LogP contribution is 2.25. The van der Waals surface area contributed by atoms with Crippen molar-refractivity contribution >= 4 is 23.3 Å².